The summed E-state index contributed by atoms with van der Waals surface area (Å²) in [6, 6.07) is 14.9. The van der Waals surface area contributed by atoms with Crippen LogP contribution in [0.4, 0.5) is 24.7 Å². The van der Waals surface area contributed by atoms with Crippen LogP contribution in [0.5, 0.6) is 5.75 Å². The van der Waals surface area contributed by atoms with E-state index in [-0.39, 0.29) is 22.3 Å². The maximum Gasteiger partial charge on any atom is 0.433 e. The molecule has 1 aliphatic rings. The van der Waals surface area contributed by atoms with Gasteiger partial charge < -0.3 is 19.6 Å². The van der Waals surface area contributed by atoms with Gasteiger partial charge in [0.25, 0.3) is 0 Å². The molecule has 184 valence electrons. The number of carboxylic acids is 1. The minimum absolute atomic E-state index is 0.00635. The van der Waals surface area contributed by atoms with Crippen LogP contribution in [0.3, 0.4) is 0 Å². The fourth-order valence-electron chi connectivity index (χ4n) is 3.71. The molecule has 3 aromatic rings. The number of ether oxygens (including phenoxy) is 1. The molecule has 1 aromatic heterocycles. The lowest BCUT2D eigenvalue weighted by atomic mass is 10.1. The van der Waals surface area contributed by atoms with Gasteiger partial charge >= 0.3 is 12.1 Å². The molecule has 1 N–H and O–H groups in total. The van der Waals surface area contributed by atoms with E-state index in [0.29, 0.717) is 31.7 Å². The molecule has 2 aromatic carbocycles. The Labute approximate surface area is 204 Å². The van der Waals surface area contributed by atoms with Gasteiger partial charge in [0, 0.05) is 43.7 Å². The number of carboxylic acid groups (broad SMARTS) is 1. The first-order chi connectivity index (χ1) is 16.7. The number of thioether (sulfide) groups is 1. The lowest BCUT2D eigenvalue weighted by Gasteiger charge is -2.37. The standard InChI is InChI=1S/C24H23F3N4O3S/c1-34-19-7-5-18(6-8-19)30-9-11-31(12-10-30)21-14-20(24(25,26)27)28-23(29-21)35-15-16-3-2-4-17(13-16)22(32)33/h2-8,13-14H,9-12,15H2,1H3,(H,32,33). The third-order valence-electron chi connectivity index (χ3n) is 5.57. The first kappa shape index (κ1) is 24.6. The first-order valence-electron chi connectivity index (χ1n) is 10.8. The maximum atomic E-state index is 13.6. The summed E-state index contributed by atoms with van der Waals surface area (Å²) in [6.45, 7) is 2.26. The third-order valence-corrected chi connectivity index (χ3v) is 6.48. The zero-order chi connectivity index (χ0) is 25.0. The number of halogens is 3. The van der Waals surface area contributed by atoms with Crippen LogP contribution < -0.4 is 14.5 Å². The highest BCUT2D eigenvalue weighted by Crippen LogP contribution is 2.33. The molecule has 0 aliphatic carbocycles. The van der Waals surface area contributed by atoms with Crippen LogP contribution in [0.1, 0.15) is 21.6 Å². The van der Waals surface area contributed by atoms with Gasteiger partial charge in [0.2, 0.25) is 0 Å². The van der Waals surface area contributed by atoms with Crippen LogP contribution in [0, 0.1) is 0 Å². The number of rotatable bonds is 7. The highest BCUT2D eigenvalue weighted by atomic mass is 32.2. The van der Waals surface area contributed by atoms with Crippen LogP contribution in [-0.4, -0.2) is 54.3 Å². The van der Waals surface area contributed by atoms with E-state index in [9.17, 15) is 18.0 Å². The van der Waals surface area contributed by atoms with Crippen molar-refractivity contribution in [1.29, 1.82) is 0 Å². The Bertz CT molecular complexity index is 1180. The number of methoxy groups -OCH3 is 1. The van der Waals surface area contributed by atoms with E-state index in [0.717, 1.165) is 29.3 Å². The lowest BCUT2D eigenvalue weighted by Crippen LogP contribution is -2.47. The predicted molar refractivity (Wildman–Crippen MR) is 127 cm³/mol. The number of piperazine rings is 1. The summed E-state index contributed by atoms with van der Waals surface area (Å²) in [5.74, 6) is 0.159. The van der Waals surface area contributed by atoms with Crippen molar-refractivity contribution in [2.45, 2.75) is 17.1 Å². The molecule has 1 saturated heterocycles. The Kier molecular flexibility index (Phi) is 7.34. The van der Waals surface area contributed by atoms with E-state index in [1.165, 1.54) is 12.1 Å². The molecule has 0 atom stereocenters. The molecule has 1 fully saturated rings. The normalized spacial score (nSPS) is 14.2. The summed E-state index contributed by atoms with van der Waals surface area (Å²) in [4.78, 5) is 23.3. The molecule has 4 rings (SSSR count). The second-order valence-corrected chi connectivity index (χ2v) is 8.80. The zero-order valence-electron chi connectivity index (χ0n) is 18.8. The number of hydrogen-bond acceptors (Lipinski definition) is 7. The molecule has 0 bridgehead atoms. The van der Waals surface area contributed by atoms with E-state index in [4.69, 9.17) is 9.84 Å². The van der Waals surface area contributed by atoms with Crippen molar-refractivity contribution in [3.05, 3.63) is 71.4 Å². The number of benzene rings is 2. The Balaban J connectivity index is 1.49. The molecular formula is C24H23F3N4O3S. The number of alkyl halides is 3. The second-order valence-electron chi connectivity index (χ2n) is 7.86. The smallest absolute Gasteiger partial charge is 0.433 e. The molecule has 7 nitrogen and oxygen atoms in total. The summed E-state index contributed by atoms with van der Waals surface area (Å²) in [5.41, 5.74) is 0.792. The first-order valence-corrected chi connectivity index (χ1v) is 11.8. The van der Waals surface area contributed by atoms with Crippen molar-refractivity contribution in [2.75, 3.05) is 43.1 Å². The van der Waals surface area contributed by atoms with Crippen molar-refractivity contribution in [1.82, 2.24) is 9.97 Å². The molecule has 0 spiro atoms. The SMILES string of the molecule is COc1ccc(N2CCN(c3cc(C(F)(F)F)nc(SCc4cccc(C(=O)O)c4)n3)CC2)cc1. The van der Waals surface area contributed by atoms with E-state index in [2.05, 4.69) is 14.9 Å². The molecular weight excluding hydrogens is 481 g/mol. The van der Waals surface area contributed by atoms with E-state index < -0.39 is 17.8 Å². The molecule has 0 amide bonds. The number of nitrogens with zero attached hydrogens (tertiary/aromatic N) is 4. The van der Waals surface area contributed by atoms with Gasteiger partial charge in [0.1, 0.15) is 11.6 Å². The highest BCUT2D eigenvalue weighted by molar-refractivity contribution is 7.98. The monoisotopic (exact) mass is 504 g/mol. The van der Waals surface area contributed by atoms with Gasteiger partial charge in [-0.15, -0.1) is 0 Å². The average molecular weight is 505 g/mol. The van der Waals surface area contributed by atoms with E-state index >= 15 is 0 Å². The number of carbonyl (C=O) groups is 1. The molecule has 35 heavy (non-hydrogen) atoms. The van der Waals surface area contributed by atoms with Crippen LogP contribution in [0.15, 0.2) is 59.8 Å². The largest absolute Gasteiger partial charge is 0.497 e. The molecule has 11 heteroatoms. The van der Waals surface area contributed by atoms with Gasteiger partial charge in [-0.05, 0) is 42.0 Å². The predicted octanol–water partition coefficient (Wildman–Crippen LogP) is 4.82. The molecule has 0 saturated carbocycles. The fourth-order valence-corrected chi connectivity index (χ4v) is 4.51. The van der Waals surface area contributed by atoms with Gasteiger partial charge in [-0.2, -0.15) is 13.2 Å². The molecule has 1 aliphatic heterocycles. The number of anilines is 2. The summed E-state index contributed by atoms with van der Waals surface area (Å²) in [5, 5.41) is 9.14. The van der Waals surface area contributed by atoms with Crippen LogP contribution in [-0.2, 0) is 11.9 Å². The molecule has 0 radical (unpaired) electrons. The van der Waals surface area contributed by atoms with E-state index in [1.54, 1.807) is 19.2 Å². The van der Waals surface area contributed by atoms with Crippen molar-refractivity contribution < 1.29 is 27.8 Å². The van der Waals surface area contributed by atoms with Crippen molar-refractivity contribution in [3.63, 3.8) is 0 Å². The third kappa shape index (κ3) is 6.16. The Hall–Kier alpha value is -3.47. The van der Waals surface area contributed by atoms with Gasteiger partial charge in [0.05, 0.1) is 12.7 Å². The summed E-state index contributed by atoms with van der Waals surface area (Å²) < 4.78 is 45.9. The van der Waals surface area contributed by atoms with Crippen molar-refractivity contribution >= 4 is 29.2 Å². The summed E-state index contributed by atoms with van der Waals surface area (Å²) in [6.07, 6.45) is -4.61. The quantitative estimate of drug-likeness (QED) is 0.363. The summed E-state index contributed by atoms with van der Waals surface area (Å²) >= 11 is 1.04. The minimum atomic E-state index is -4.61. The Morgan fingerprint density at radius 2 is 1.71 bits per heavy atom. The lowest BCUT2D eigenvalue weighted by molar-refractivity contribution is -0.141. The van der Waals surface area contributed by atoms with Crippen LogP contribution in [0.2, 0.25) is 0 Å². The second kappa shape index (κ2) is 10.4. The van der Waals surface area contributed by atoms with Crippen LogP contribution in [0.25, 0.3) is 0 Å². The molecule has 0 unspecified atom stereocenters. The van der Waals surface area contributed by atoms with Crippen LogP contribution >= 0.6 is 11.8 Å². The Morgan fingerprint density at radius 3 is 2.34 bits per heavy atom. The van der Waals surface area contributed by atoms with Crippen molar-refractivity contribution in [3.8, 4) is 5.75 Å². The Morgan fingerprint density at radius 1 is 1.03 bits per heavy atom. The summed E-state index contributed by atoms with van der Waals surface area (Å²) in [7, 11) is 1.60. The van der Waals surface area contributed by atoms with Gasteiger partial charge in [-0.25, -0.2) is 14.8 Å². The fraction of sp³-hybridized carbons (Fsp3) is 0.292. The minimum Gasteiger partial charge on any atom is -0.497 e. The topological polar surface area (TPSA) is 78.8 Å². The highest BCUT2D eigenvalue weighted by Gasteiger charge is 2.34. The average Bonchev–Trinajstić information content (AvgIpc) is 2.87. The molecule has 2 heterocycles. The maximum absolute atomic E-state index is 13.6. The number of hydrogen-bond donors (Lipinski definition) is 1. The van der Waals surface area contributed by atoms with Gasteiger partial charge in [-0.1, -0.05) is 23.9 Å². The number of aromatic carboxylic acids is 1. The number of aromatic nitrogens is 2. The van der Waals surface area contributed by atoms with Gasteiger partial charge in [-0.3, -0.25) is 0 Å². The van der Waals surface area contributed by atoms with Gasteiger partial charge in [0.15, 0.2) is 10.9 Å². The van der Waals surface area contributed by atoms with Crippen molar-refractivity contribution in [2.24, 2.45) is 0 Å². The zero-order valence-corrected chi connectivity index (χ0v) is 19.6. The van der Waals surface area contributed by atoms with E-state index in [1.807, 2.05) is 29.2 Å².